The van der Waals surface area contributed by atoms with Gasteiger partial charge in [-0.2, -0.15) is 0 Å². The molecule has 0 saturated carbocycles. The van der Waals surface area contributed by atoms with Crippen molar-refractivity contribution in [1.29, 1.82) is 0 Å². The van der Waals surface area contributed by atoms with E-state index in [2.05, 4.69) is 4.98 Å². The Morgan fingerprint density at radius 2 is 2.31 bits per heavy atom. The van der Waals surface area contributed by atoms with E-state index in [4.69, 9.17) is 5.11 Å². The van der Waals surface area contributed by atoms with Gasteiger partial charge in [0, 0.05) is 18.8 Å². The van der Waals surface area contributed by atoms with Gasteiger partial charge in [0.2, 0.25) is 0 Å². The fraction of sp³-hybridized carbons (Fsp3) is 0.375. The highest BCUT2D eigenvalue weighted by atomic mass is 16.4. The van der Waals surface area contributed by atoms with E-state index in [0.29, 0.717) is 5.82 Å². The van der Waals surface area contributed by atoms with Gasteiger partial charge in [-0.25, -0.2) is 4.98 Å². The third-order valence-electron chi connectivity index (χ3n) is 1.81. The van der Waals surface area contributed by atoms with Crippen LogP contribution >= 0.6 is 0 Å². The molecule has 0 aliphatic heterocycles. The van der Waals surface area contributed by atoms with E-state index in [1.807, 2.05) is 0 Å². The summed E-state index contributed by atoms with van der Waals surface area (Å²) in [4.78, 5) is 25.6. The largest absolute Gasteiger partial charge is 0.481 e. The Morgan fingerprint density at radius 1 is 1.69 bits per heavy atom. The predicted octanol–water partition coefficient (Wildman–Crippen LogP) is -0.284. The highest BCUT2D eigenvalue weighted by molar-refractivity contribution is 5.69. The molecule has 0 aliphatic rings. The van der Waals surface area contributed by atoms with Crippen LogP contribution in [-0.4, -0.2) is 20.6 Å². The van der Waals surface area contributed by atoms with Crippen LogP contribution in [0.4, 0.5) is 0 Å². The van der Waals surface area contributed by atoms with Gasteiger partial charge in [-0.05, 0) is 6.92 Å². The minimum atomic E-state index is -1.03. The van der Waals surface area contributed by atoms with Gasteiger partial charge in [-0.15, -0.1) is 0 Å². The molecular weight excluding hydrogens is 172 g/mol. The van der Waals surface area contributed by atoms with E-state index in [0.717, 1.165) is 0 Å². The molecule has 1 N–H and O–H groups in total. The van der Waals surface area contributed by atoms with Crippen molar-refractivity contribution < 1.29 is 9.90 Å². The first-order valence-electron chi connectivity index (χ1n) is 3.75. The first kappa shape index (κ1) is 9.44. The van der Waals surface area contributed by atoms with Gasteiger partial charge in [0.25, 0.3) is 5.56 Å². The summed E-state index contributed by atoms with van der Waals surface area (Å²) in [6.07, 6.45) is 1.03. The van der Waals surface area contributed by atoms with Crippen molar-refractivity contribution in [2.45, 2.75) is 13.3 Å². The molecule has 1 aromatic rings. The van der Waals surface area contributed by atoms with Gasteiger partial charge in [0.05, 0.1) is 6.42 Å². The van der Waals surface area contributed by atoms with Gasteiger partial charge < -0.3 is 5.11 Å². The maximum absolute atomic E-state index is 11.4. The molecule has 0 aromatic carbocycles. The van der Waals surface area contributed by atoms with Crippen molar-refractivity contribution in [2.24, 2.45) is 7.05 Å². The van der Waals surface area contributed by atoms with Crippen LogP contribution in [-0.2, 0) is 18.3 Å². The molecule has 1 rings (SSSR count). The highest BCUT2D eigenvalue weighted by Gasteiger charge is 2.07. The Kier molecular flexibility index (Phi) is 2.46. The number of hydrogen-bond donors (Lipinski definition) is 1. The summed E-state index contributed by atoms with van der Waals surface area (Å²) < 4.78 is 1.33. The van der Waals surface area contributed by atoms with Crippen molar-refractivity contribution in [3.05, 3.63) is 27.9 Å². The molecule has 0 radical (unpaired) electrons. The molecule has 70 valence electrons. The van der Waals surface area contributed by atoms with E-state index in [-0.39, 0.29) is 17.5 Å². The van der Waals surface area contributed by atoms with Crippen LogP contribution in [0.2, 0.25) is 0 Å². The number of hydrogen-bond acceptors (Lipinski definition) is 3. The zero-order valence-corrected chi connectivity index (χ0v) is 7.44. The Morgan fingerprint density at radius 3 is 2.85 bits per heavy atom. The summed E-state index contributed by atoms with van der Waals surface area (Å²) >= 11 is 0. The zero-order chi connectivity index (χ0) is 10.0. The highest BCUT2D eigenvalue weighted by Crippen LogP contribution is 1.92. The molecule has 0 amide bonds. The Hall–Kier alpha value is -1.65. The molecule has 0 unspecified atom stereocenters. The lowest BCUT2D eigenvalue weighted by molar-refractivity contribution is -0.136. The maximum Gasteiger partial charge on any atom is 0.308 e. The molecule has 1 heterocycles. The van der Waals surface area contributed by atoms with Crippen LogP contribution in [0.5, 0.6) is 0 Å². The Bertz CT molecular complexity index is 395. The maximum atomic E-state index is 11.4. The summed E-state index contributed by atoms with van der Waals surface area (Å²) in [5.41, 5.74) is -0.0875. The van der Waals surface area contributed by atoms with Crippen LogP contribution in [0.15, 0.2) is 11.0 Å². The summed E-state index contributed by atoms with van der Waals surface area (Å²) in [5.74, 6) is -0.457. The molecule has 0 aliphatic carbocycles. The standard InChI is InChI=1S/C8H10N2O3/c1-5-9-4-6(3-7(11)12)8(13)10(5)2/h4H,3H2,1-2H3,(H,11,12). The second-order valence-corrected chi connectivity index (χ2v) is 2.77. The molecule has 5 heteroatoms. The monoisotopic (exact) mass is 182 g/mol. The lowest BCUT2D eigenvalue weighted by Gasteiger charge is -2.03. The predicted molar refractivity (Wildman–Crippen MR) is 45.6 cm³/mol. The van der Waals surface area contributed by atoms with Crippen molar-refractivity contribution in [3.8, 4) is 0 Å². The lowest BCUT2D eigenvalue weighted by atomic mass is 10.2. The second-order valence-electron chi connectivity index (χ2n) is 2.77. The molecule has 0 atom stereocenters. The topological polar surface area (TPSA) is 72.2 Å². The van der Waals surface area contributed by atoms with Gasteiger partial charge in [-0.1, -0.05) is 0 Å². The molecule has 0 fully saturated rings. The van der Waals surface area contributed by atoms with Crippen LogP contribution in [0.1, 0.15) is 11.4 Å². The average molecular weight is 182 g/mol. The smallest absolute Gasteiger partial charge is 0.308 e. The van der Waals surface area contributed by atoms with E-state index in [1.165, 1.54) is 10.8 Å². The summed E-state index contributed by atoms with van der Waals surface area (Å²) in [5, 5.41) is 8.48. The Balaban J connectivity index is 3.19. The quantitative estimate of drug-likeness (QED) is 0.682. The number of carbonyl (C=O) groups is 1. The molecule has 0 spiro atoms. The van der Waals surface area contributed by atoms with E-state index in [1.54, 1.807) is 14.0 Å². The first-order valence-corrected chi connectivity index (χ1v) is 3.75. The number of aliphatic carboxylic acids is 1. The third kappa shape index (κ3) is 1.93. The second kappa shape index (κ2) is 3.38. The summed E-state index contributed by atoms with van der Waals surface area (Å²) in [6.45, 7) is 1.69. The van der Waals surface area contributed by atoms with Gasteiger partial charge in [0.15, 0.2) is 0 Å². The van der Waals surface area contributed by atoms with Crippen molar-refractivity contribution in [3.63, 3.8) is 0 Å². The molecule has 1 aromatic heterocycles. The third-order valence-corrected chi connectivity index (χ3v) is 1.81. The number of rotatable bonds is 2. The number of carboxylic acid groups (broad SMARTS) is 1. The number of nitrogens with zero attached hydrogens (tertiary/aromatic N) is 2. The van der Waals surface area contributed by atoms with Crippen molar-refractivity contribution in [2.75, 3.05) is 0 Å². The molecule has 0 saturated heterocycles. The first-order chi connectivity index (χ1) is 6.02. The number of aromatic nitrogens is 2. The molecular formula is C8H10N2O3. The number of carboxylic acids is 1. The van der Waals surface area contributed by atoms with Gasteiger partial charge in [-0.3, -0.25) is 14.2 Å². The molecule has 5 nitrogen and oxygen atoms in total. The van der Waals surface area contributed by atoms with Crippen molar-refractivity contribution in [1.82, 2.24) is 9.55 Å². The molecule has 0 bridgehead atoms. The summed E-state index contributed by atoms with van der Waals surface area (Å²) in [6, 6.07) is 0. The number of aryl methyl sites for hydroxylation is 1. The van der Waals surface area contributed by atoms with Gasteiger partial charge in [0.1, 0.15) is 5.82 Å². The van der Waals surface area contributed by atoms with Crippen LogP contribution < -0.4 is 5.56 Å². The van der Waals surface area contributed by atoms with E-state index < -0.39 is 5.97 Å². The fourth-order valence-corrected chi connectivity index (χ4v) is 0.960. The molecule has 13 heavy (non-hydrogen) atoms. The van der Waals surface area contributed by atoms with Crippen LogP contribution in [0.3, 0.4) is 0 Å². The van der Waals surface area contributed by atoms with Crippen LogP contribution in [0, 0.1) is 6.92 Å². The zero-order valence-electron chi connectivity index (χ0n) is 7.44. The van der Waals surface area contributed by atoms with Crippen molar-refractivity contribution >= 4 is 5.97 Å². The normalized spacial score (nSPS) is 10.0. The SMILES string of the molecule is Cc1ncc(CC(=O)O)c(=O)n1C. The lowest BCUT2D eigenvalue weighted by Crippen LogP contribution is -2.25. The van der Waals surface area contributed by atoms with Crippen LogP contribution in [0.25, 0.3) is 0 Å². The Labute approximate surface area is 74.7 Å². The average Bonchev–Trinajstić information content (AvgIpc) is 2.06. The van der Waals surface area contributed by atoms with Gasteiger partial charge >= 0.3 is 5.97 Å². The summed E-state index contributed by atoms with van der Waals surface area (Å²) in [7, 11) is 1.57. The fourth-order valence-electron chi connectivity index (χ4n) is 0.960. The van der Waals surface area contributed by atoms with E-state index in [9.17, 15) is 9.59 Å². The minimum absolute atomic E-state index is 0.209. The van der Waals surface area contributed by atoms with E-state index >= 15 is 0 Å². The minimum Gasteiger partial charge on any atom is -0.481 e.